The van der Waals surface area contributed by atoms with Crippen molar-refractivity contribution in [2.75, 3.05) is 13.7 Å². The fourth-order valence-electron chi connectivity index (χ4n) is 3.63. The number of nitrogens with one attached hydrogen (secondary N) is 1. The predicted molar refractivity (Wildman–Crippen MR) is 118 cm³/mol. The average molecular weight is 489 g/mol. The summed E-state index contributed by atoms with van der Waals surface area (Å²) < 4.78 is 39.3. The Labute approximate surface area is 197 Å². The van der Waals surface area contributed by atoms with Crippen LogP contribution in [-0.2, 0) is 7.05 Å². The minimum atomic E-state index is -0.887. The molecule has 0 aliphatic rings. The number of hydrogen-bond acceptors (Lipinski definition) is 7. The molecule has 1 aromatic carbocycles. The number of carbonyl (C=O) groups is 1. The lowest BCUT2D eigenvalue weighted by molar-refractivity contribution is 0.0939. The molecule has 1 atom stereocenters. The Bertz CT molecular complexity index is 1360. The van der Waals surface area contributed by atoms with Gasteiger partial charge in [0, 0.05) is 25.2 Å². The first-order chi connectivity index (χ1) is 16.3. The van der Waals surface area contributed by atoms with Gasteiger partial charge in [-0.2, -0.15) is 10.1 Å². The molecule has 34 heavy (non-hydrogen) atoms. The molecule has 0 radical (unpaired) electrons. The molecule has 0 spiro atoms. The number of rotatable bonds is 7. The van der Waals surface area contributed by atoms with Gasteiger partial charge < -0.3 is 14.6 Å². The topological polar surface area (TPSA) is 108 Å². The van der Waals surface area contributed by atoms with Crippen LogP contribution in [0.2, 0.25) is 5.15 Å². The molecular formula is C22H19ClF2N6O3. The van der Waals surface area contributed by atoms with E-state index < -0.39 is 23.5 Å². The van der Waals surface area contributed by atoms with Crippen molar-refractivity contribution in [2.24, 2.45) is 7.05 Å². The van der Waals surface area contributed by atoms with Gasteiger partial charge in [-0.25, -0.2) is 18.4 Å². The largest absolute Gasteiger partial charge is 0.481 e. The number of hydrogen-bond donors (Lipinski definition) is 1. The molecule has 1 N–H and O–H groups in total. The van der Waals surface area contributed by atoms with Crippen molar-refractivity contribution in [3.63, 3.8) is 0 Å². The van der Waals surface area contributed by atoms with Gasteiger partial charge in [-0.15, -0.1) is 0 Å². The summed E-state index contributed by atoms with van der Waals surface area (Å²) in [5, 5.41) is 11.0. The Morgan fingerprint density at radius 1 is 1.26 bits per heavy atom. The van der Waals surface area contributed by atoms with Crippen molar-refractivity contribution in [3.8, 4) is 17.3 Å². The van der Waals surface area contributed by atoms with Crippen LogP contribution in [0.25, 0.3) is 11.5 Å². The molecule has 4 rings (SSSR count). The SMILES string of the molecule is COc1c(C(CNC(=O)c2noc(-c3ccc(F)cc3F)n2)c2cccc(Cl)n2)c(C)nn1C. The van der Waals surface area contributed by atoms with E-state index in [2.05, 4.69) is 25.5 Å². The van der Waals surface area contributed by atoms with Crippen LogP contribution in [0.15, 0.2) is 40.9 Å². The van der Waals surface area contributed by atoms with Crippen LogP contribution >= 0.6 is 11.6 Å². The zero-order chi connectivity index (χ0) is 24.4. The third kappa shape index (κ3) is 4.60. The lowest BCUT2D eigenvalue weighted by atomic mass is 9.95. The maximum atomic E-state index is 14.0. The fourth-order valence-corrected chi connectivity index (χ4v) is 3.80. The van der Waals surface area contributed by atoms with E-state index >= 15 is 0 Å². The van der Waals surface area contributed by atoms with Gasteiger partial charge in [0.1, 0.15) is 16.8 Å². The van der Waals surface area contributed by atoms with E-state index in [0.29, 0.717) is 28.5 Å². The van der Waals surface area contributed by atoms with Gasteiger partial charge in [0.15, 0.2) is 0 Å². The number of aromatic nitrogens is 5. The van der Waals surface area contributed by atoms with Crippen LogP contribution in [0.4, 0.5) is 8.78 Å². The van der Waals surface area contributed by atoms with Crippen LogP contribution in [0.1, 0.15) is 33.5 Å². The number of carbonyl (C=O) groups excluding carboxylic acids is 1. The molecule has 0 saturated heterocycles. The maximum Gasteiger partial charge on any atom is 0.292 e. The minimum Gasteiger partial charge on any atom is -0.481 e. The van der Waals surface area contributed by atoms with Crippen LogP contribution in [-0.4, -0.2) is 44.5 Å². The van der Waals surface area contributed by atoms with E-state index in [4.69, 9.17) is 20.9 Å². The van der Waals surface area contributed by atoms with Crippen LogP contribution < -0.4 is 10.1 Å². The van der Waals surface area contributed by atoms with Crippen molar-refractivity contribution in [1.82, 2.24) is 30.2 Å². The fraction of sp³-hybridized carbons (Fsp3) is 0.227. The van der Waals surface area contributed by atoms with Crippen molar-refractivity contribution in [1.29, 1.82) is 0 Å². The monoisotopic (exact) mass is 488 g/mol. The first-order valence-corrected chi connectivity index (χ1v) is 10.4. The number of nitrogens with zero attached hydrogens (tertiary/aromatic N) is 5. The Balaban J connectivity index is 1.60. The van der Waals surface area contributed by atoms with Gasteiger partial charge in [-0.05, 0) is 31.2 Å². The molecule has 0 saturated carbocycles. The Morgan fingerprint density at radius 2 is 2.06 bits per heavy atom. The molecule has 0 fully saturated rings. The summed E-state index contributed by atoms with van der Waals surface area (Å²) in [6.45, 7) is 1.89. The van der Waals surface area contributed by atoms with Gasteiger partial charge >= 0.3 is 0 Å². The summed E-state index contributed by atoms with van der Waals surface area (Å²) in [6, 6.07) is 8.06. The molecule has 1 amide bonds. The molecule has 1 unspecified atom stereocenters. The molecule has 9 nitrogen and oxygen atoms in total. The standard InChI is InChI=1S/C22H19ClF2N6O3/c1-11-18(22(33-3)31(2)29-11)14(16-5-4-6-17(23)27-16)10-26-20(32)19-28-21(34-30-19)13-8-7-12(24)9-15(13)25/h4-9,14H,10H2,1-3H3,(H,26,32). The number of pyridine rings is 1. The third-order valence-corrected chi connectivity index (χ3v) is 5.32. The quantitative estimate of drug-likeness (QED) is 0.395. The van der Waals surface area contributed by atoms with Crippen LogP contribution in [0.5, 0.6) is 5.88 Å². The number of amides is 1. The molecule has 176 valence electrons. The lowest BCUT2D eigenvalue weighted by Crippen LogP contribution is -2.30. The number of ether oxygens (including phenoxy) is 1. The first-order valence-electron chi connectivity index (χ1n) is 10.1. The maximum absolute atomic E-state index is 14.0. The van der Waals surface area contributed by atoms with Gasteiger partial charge in [-0.1, -0.05) is 22.8 Å². The van der Waals surface area contributed by atoms with E-state index in [1.54, 1.807) is 29.9 Å². The number of halogens is 3. The lowest BCUT2D eigenvalue weighted by Gasteiger charge is -2.18. The molecule has 0 aliphatic carbocycles. The summed E-state index contributed by atoms with van der Waals surface area (Å²) in [7, 11) is 3.27. The minimum absolute atomic E-state index is 0.0733. The second kappa shape index (κ2) is 9.56. The summed E-state index contributed by atoms with van der Waals surface area (Å²) in [5.74, 6) is -2.82. The van der Waals surface area contributed by atoms with Gasteiger partial charge in [0.25, 0.3) is 17.6 Å². The Kier molecular flexibility index (Phi) is 6.55. The van der Waals surface area contributed by atoms with E-state index in [0.717, 1.165) is 17.7 Å². The van der Waals surface area contributed by atoms with E-state index in [-0.39, 0.29) is 23.8 Å². The zero-order valence-corrected chi connectivity index (χ0v) is 19.1. The van der Waals surface area contributed by atoms with Crippen molar-refractivity contribution < 1.29 is 22.8 Å². The highest BCUT2D eigenvalue weighted by Gasteiger charge is 2.28. The number of methoxy groups -OCH3 is 1. The van der Waals surface area contributed by atoms with Crippen molar-refractivity contribution in [2.45, 2.75) is 12.8 Å². The molecule has 12 heteroatoms. The van der Waals surface area contributed by atoms with E-state index in [9.17, 15) is 13.6 Å². The molecule has 0 bridgehead atoms. The molecular weight excluding hydrogens is 470 g/mol. The van der Waals surface area contributed by atoms with E-state index in [1.165, 1.54) is 7.11 Å². The van der Waals surface area contributed by atoms with Gasteiger partial charge in [0.05, 0.1) is 30.0 Å². The first kappa shape index (κ1) is 23.3. The van der Waals surface area contributed by atoms with Crippen molar-refractivity contribution >= 4 is 17.5 Å². The summed E-state index contributed by atoms with van der Waals surface area (Å²) in [5.41, 5.74) is 1.88. The zero-order valence-electron chi connectivity index (χ0n) is 18.3. The third-order valence-electron chi connectivity index (χ3n) is 5.11. The summed E-state index contributed by atoms with van der Waals surface area (Å²) in [4.78, 5) is 21.1. The second-order valence-corrected chi connectivity index (χ2v) is 7.71. The van der Waals surface area contributed by atoms with Crippen molar-refractivity contribution in [3.05, 3.63) is 76.0 Å². The summed E-state index contributed by atoms with van der Waals surface area (Å²) >= 11 is 6.10. The number of aryl methyl sites for hydroxylation is 2. The number of benzene rings is 1. The molecule has 3 heterocycles. The highest BCUT2D eigenvalue weighted by atomic mass is 35.5. The highest BCUT2D eigenvalue weighted by molar-refractivity contribution is 6.29. The Morgan fingerprint density at radius 3 is 2.76 bits per heavy atom. The normalized spacial score (nSPS) is 11.9. The molecule has 3 aromatic heterocycles. The Hall–Kier alpha value is -3.86. The van der Waals surface area contributed by atoms with Gasteiger partial charge in [-0.3, -0.25) is 4.79 Å². The summed E-state index contributed by atoms with van der Waals surface area (Å²) in [6.07, 6.45) is 0. The van der Waals surface area contributed by atoms with Crippen LogP contribution in [0.3, 0.4) is 0 Å². The van der Waals surface area contributed by atoms with E-state index in [1.807, 2.05) is 6.92 Å². The molecule has 4 aromatic rings. The second-order valence-electron chi connectivity index (χ2n) is 7.33. The molecule has 0 aliphatic heterocycles. The average Bonchev–Trinajstić information content (AvgIpc) is 3.38. The smallest absolute Gasteiger partial charge is 0.292 e. The van der Waals surface area contributed by atoms with Gasteiger partial charge in [0.2, 0.25) is 5.88 Å². The predicted octanol–water partition coefficient (Wildman–Crippen LogP) is 3.68. The highest BCUT2D eigenvalue weighted by Crippen LogP contribution is 2.33. The van der Waals surface area contributed by atoms with Crippen LogP contribution in [0, 0.1) is 18.6 Å².